The Morgan fingerprint density at radius 3 is 2.67 bits per heavy atom. The Morgan fingerprint density at radius 1 is 1.18 bits per heavy atom. The molecule has 0 saturated heterocycles. The molecule has 7 nitrogen and oxygen atoms in total. The van der Waals surface area contributed by atoms with Gasteiger partial charge in [-0.25, -0.2) is 4.98 Å². The van der Waals surface area contributed by atoms with Crippen molar-refractivity contribution in [2.24, 2.45) is 5.92 Å². The molecule has 8 heteroatoms. The van der Waals surface area contributed by atoms with Gasteiger partial charge in [-0.1, -0.05) is 37.3 Å². The van der Waals surface area contributed by atoms with E-state index < -0.39 is 0 Å². The summed E-state index contributed by atoms with van der Waals surface area (Å²) in [7, 11) is 1.65. The smallest absolute Gasteiger partial charge is 0.226 e. The van der Waals surface area contributed by atoms with E-state index in [-0.39, 0.29) is 11.8 Å². The van der Waals surface area contributed by atoms with Crippen molar-refractivity contribution in [3.05, 3.63) is 59.3 Å². The number of ether oxygens (including phenoxy) is 2. The van der Waals surface area contributed by atoms with Crippen LogP contribution in [-0.4, -0.2) is 34.4 Å². The number of hydrogen-bond donors (Lipinski definition) is 1. The van der Waals surface area contributed by atoms with Gasteiger partial charge >= 0.3 is 0 Å². The van der Waals surface area contributed by atoms with Crippen LogP contribution < -0.4 is 14.8 Å². The van der Waals surface area contributed by atoms with Gasteiger partial charge in [0, 0.05) is 17.9 Å². The van der Waals surface area contributed by atoms with Crippen LogP contribution in [0.4, 0.5) is 5.82 Å². The average molecular weight is 463 g/mol. The zero-order chi connectivity index (χ0) is 23.1. The van der Waals surface area contributed by atoms with Crippen LogP contribution in [0.15, 0.2) is 42.5 Å². The van der Waals surface area contributed by atoms with Crippen molar-refractivity contribution < 1.29 is 14.3 Å². The summed E-state index contributed by atoms with van der Waals surface area (Å²) in [6.07, 6.45) is 0.378. The topological polar surface area (TPSA) is 78.3 Å². The van der Waals surface area contributed by atoms with Gasteiger partial charge < -0.3 is 14.8 Å². The third kappa shape index (κ3) is 4.06. The standard InChI is InChI=1S/C25H26N4O3S/c1-14(2)13-32-17-7-5-16(6-8-17)19-12-22(30)27-24-23(19)15(3)28-29(24)25-26-20-10-9-18(31-4)11-21(20)33-25/h5-11,14,19H,12-13H2,1-4H3,(H,27,30)/t19-/m0/s1. The number of carbonyl (C=O) groups is 1. The quantitative estimate of drug-likeness (QED) is 0.420. The molecular formula is C25H26N4O3S. The molecule has 1 atom stereocenters. The highest BCUT2D eigenvalue weighted by molar-refractivity contribution is 7.20. The third-order valence-electron chi connectivity index (χ3n) is 5.73. The average Bonchev–Trinajstić information content (AvgIpc) is 3.37. The molecule has 1 amide bonds. The van der Waals surface area contributed by atoms with Crippen molar-refractivity contribution in [3.63, 3.8) is 0 Å². The van der Waals surface area contributed by atoms with Crippen LogP contribution in [-0.2, 0) is 4.79 Å². The molecule has 2 aromatic carbocycles. The van der Waals surface area contributed by atoms with Crippen LogP contribution in [0.1, 0.15) is 43.0 Å². The molecule has 3 heterocycles. The summed E-state index contributed by atoms with van der Waals surface area (Å²) in [6.45, 7) is 6.91. The summed E-state index contributed by atoms with van der Waals surface area (Å²) >= 11 is 1.52. The highest BCUT2D eigenvalue weighted by Crippen LogP contribution is 2.41. The maximum absolute atomic E-state index is 12.7. The summed E-state index contributed by atoms with van der Waals surface area (Å²) in [4.78, 5) is 17.4. The molecule has 4 aromatic rings. The molecule has 0 bridgehead atoms. The molecule has 0 spiro atoms. The minimum Gasteiger partial charge on any atom is -0.497 e. The number of hydrogen-bond acceptors (Lipinski definition) is 6. The lowest BCUT2D eigenvalue weighted by molar-refractivity contribution is -0.116. The highest BCUT2D eigenvalue weighted by Gasteiger charge is 2.33. The van der Waals surface area contributed by atoms with Crippen molar-refractivity contribution in [2.45, 2.75) is 33.1 Å². The number of benzene rings is 2. The number of anilines is 1. The molecule has 1 aliphatic rings. The van der Waals surface area contributed by atoms with E-state index in [4.69, 9.17) is 19.6 Å². The maximum Gasteiger partial charge on any atom is 0.226 e. The van der Waals surface area contributed by atoms with E-state index in [1.54, 1.807) is 11.8 Å². The summed E-state index contributed by atoms with van der Waals surface area (Å²) in [5.74, 6) is 2.68. The predicted octanol–water partition coefficient (Wildman–Crippen LogP) is 5.31. The van der Waals surface area contributed by atoms with Gasteiger partial charge in [-0.3, -0.25) is 4.79 Å². The van der Waals surface area contributed by atoms with Crippen LogP contribution in [0.2, 0.25) is 0 Å². The number of aryl methyl sites for hydroxylation is 1. The van der Waals surface area contributed by atoms with E-state index in [9.17, 15) is 4.79 Å². The second-order valence-electron chi connectivity index (χ2n) is 8.67. The lowest BCUT2D eigenvalue weighted by atomic mass is 9.86. The zero-order valence-electron chi connectivity index (χ0n) is 19.1. The number of nitrogens with one attached hydrogen (secondary N) is 1. The minimum atomic E-state index is -0.0730. The normalized spacial score (nSPS) is 15.5. The number of carbonyl (C=O) groups excluding carboxylic acids is 1. The molecule has 0 unspecified atom stereocenters. The third-order valence-corrected chi connectivity index (χ3v) is 6.73. The van der Waals surface area contributed by atoms with E-state index >= 15 is 0 Å². The Balaban J connectivity index is 1.52. The fourth-order valence-electron chi connectivity index (χ4n) is 4.14. The van der Waals surface area contributed by atoms with Crippen molar-refractivity contribution >= 4 is 33.3 Å². The van der Waals surface area contributed by atoms with Crippen LogP contribution in [0.25, 0.3) is 15.3 Å². The van der Waals surface area contributed by atoms with Crippen LogP contribution >= 0.6 is 11.3 Å². The molecule has 2 aromatic heterocycles. The second kappa shape index (κ2) is 8.51. The Kier molecular flexibility index (Phi) is 5.54. The maximum atomic E-state index is 12.7. The van der Waals surface area contributed by atoms with E-state index in [2.05, 4.69) is 19.2 Å². The highest BCUT2D eigenvalue weighted by atomic mass is 32.1. The Labute approximate surface area is 196 Å². The van der Waals surface area contributed by atoms with Crippen molar-refractivity contribution in [3.8, 4) is 16.6 Å². The predicted molar refractivity (Wildman–Crippen MR) is 130 cm³/mol. The van der Waals surface area contributed by atoms with E-state index in [0.717, 1.165) is 38.5 Å². The van der Waals surface area contributed by atoms with Gasteiger partial charge in [-0.2, -0.15) is 9.78 Å². The van der Waals surface area contributed by atoms with Gasteiger partial charge in [-0.05, 0) is 48.7 Å². The SMILES string of the molecule is COc1ccc2nc(-n3nc(C)c4c3NC(=O)C[C@H]4c3ccc(OCC(C)C)cc3)sc2c1. The van der Waals surface area contributed by atoms with Gasteiger partial charge in [0.1, 0.15) is 17.3 Å². The molecule has 33 heavy (non-hydrogen) atoms. The summed E-state index contributed by atoms with van der Waals surface area (Å²) in [5, 5.41) is 8.52. The largest absolute Gasteiger partial charge is 0.497 e. The molecule has 1 N–H and O–H groups in total. The minimum absolute atomic E-state index is 0.0310. The number of fused-ring (bicyclic) bond motifs is 2. The Hall–Kier alpha value is -3.39. The molecule has 5 rings (SSSR count). The number of rotatable bonds is 6. The Bertz CT molecular complexity index is 1320. The number of aromatic nitrogens is 3. The number of methoxy groups -OCH3 is 1. The zero-order valence-corrected chi connectivity index (χ0v) is 19.9. The lowest BCUT2D eigenvalue weighted by Gasteiger charge is -2.24. The number of nitrogens with zero attached hydrogens (tertiary/aromatic N) is 3. The lowest BCUT2D eigenvalue weighted by Crippen LogP contribution is -2.24. The van der Waals surface area contributed by atoms with E-state index in [0.29, 0.717) is 29.9 Å². The van der Waals surface area contributed by atoms with Crippen molar-refractivity contribution in [1.29, 1.82) is 0 Å². The van der Waals surface area contributed by atoms with Crippen molar-refractivity contribution in [1.82, 2.24) is 14.8 Å². The van der Waals surface area contributed by atoms with E-state index in [1.807, 2.05) is 49.4 Å². The summed E-state index contributed by atoms with van der Waals surface area (Å²) < 4.78 is 13.9. The number of amides is 1. The first kappa shape index (κ1) is 21.5. The fraction of sp³-hybridized carbons (Fsp3) is 0.320. The second-order valence-corrected chi connectivity index (χ2v) is 9.68. The van der Waals surface area contributed by atoms with Crippen LogP contribution in [0, 0.1) is 12.8 Å². The first-order valence-corrected chi connectivity index (χ1v) is 11.8. The molecule has 1 aliphatic heterocycles. The summed E-state index contributed by atoms with van der Waals surface area (Å²) in [5.41, 5.74) is 3.85. The first-order valence-electron chi connectivity index (χ1n) is 11.0. The van der Waals surface area contributed by atoms with Crippen LogP contribution in [0.3, 0.4) is 0 Å². The molecule has 0 saturated carbocycles. The van der Waals surface area contributed by atoms with Gasteiger partial charge in [-0.15, -0.1) is 0 Å². The van der Waals surface area contributed by atoms with Crippen molar-refractivity contribution in [2.75, 3.05) is 19.0 Å². The molecule has 0 radical (unpaired) electrons. The summed E-state index contributed by atoms with van der Waals surface area (Å²) in [6, 6.07) is 13.8. The van der Waals surface area contributed by atoms with Gasteiger partial charge in [0.15, 0.2) is 0 Å². The van der Waals surface area contributed by atoms with Gasteiger partial charge in [0.05, 0.1) is 29.6 Å². The molecule has 0 fully saturated rings. The van der Waals surface area contributed by atoms with Crippen LogP contribution in [0.5, 0.6) is 11.5 Å². The molecule has 170 valence electrons. The fourth-order valence-corrected chi connectivity index (χ4v) is 5.09. The number of thiazole rings is 1. The first-order chi connectivity index (χ1) is 15.9. The molecule has 0 aliphatic carbocycles. The van der Waals surface area contributed by atoms with Gasteiger partial charge in [0.2, 0.25) is 11.0 Å². The molecular weight excluding hydrogens is 436 g/mol. The Morgan fingerprint density at radius 2 is 1.94 bits per heavy atom. The van der Waals surface area contributed by atoms with E-state index in [1.165, 1.54) is 11.3 Å². The van der Waals surface area contributed by atoms with Gasteiger partial charge in [0.25, 0.3) is 0 Å². The monoisotopic (exact) mass is 462 g/mol.